The molecule has 1 aromatic carbocycles. The third kappa shape index (κ3) is 2.31. The standard InChI is InChI=1S/C16H21BF2O2/c1-9-13(10-6-7-11(18)12(19)8-10)14(9)17-20-15(2,3)16(4,5)21-17/h6-9,13-14H,1-5H3. The highest BCUT2D eigenvalue weighted by Gasteiger charge is 2.63. The SMILES string of the molecule is CC1C(B2OC(C)(C)C(C)(C)O2)C1c1ccc(F)c(F)c1. The second-order valence-corrected chi connectivity index (χ2v) is 7.26. The van der Waals surface area contributed by atoms with Crippen LogP contribution in [0.2, 0.25) is 5.82 Å². The lowest BCUT2D eigenvalue weighted by Crippen LogP contribution is -2.41. The summed E-state index contributed by atoms with van der Waals surface area (Å²) in [6.07, 6.45) is 0. The van der Waals surface area contributed by atoms with Crippen LogP contribution >= 0.6 is 0 Å². The first-order valence-electron chi connectivity index (χ1n) is 7.45. The van der Waals surface area contributed by atoms with Gasteiger partial charge in [-0.1, -0.05) is 13.0 Å². The predicted molar refractivity (Wildman–Crippen MR) is 78.1 cm³/mol. The molecule has 1 aliphatic carbocycles. The largest absolute Gasteiger partial charge is 0.462 e. The van der Waals surface area contributed by atoms with Gasteiger partial charge in [0.2, 0.25) is 0 Å². The van der Waals surface area contributed by atoms with E-state index in [4.69, 9.17) is 9.31 Å². The molecule has 114 valence electrons. The summed E-state index contributed by atoms with van der Waals surface area (Å²) in [5.41, 5.74) is 0.0954. The Kier molecular flexibility index (Phi) is 3.23. The van der Waals surface area contributed by atoms with Crippen molar-refractivity contribution in [2.24, 2.45) is 5.92 Å². The van der Waals surface area contributed by atoms with Gasteiger partial charge in [-0.3, -0.25) is 0 Å². The van der Waals surface area contributed by atoms with Crippen LogP contribution in [0.5, 0.6) is 0 Å². The first-order valence-corrected chi connectivity index (χ1v) is 7.45. The highest BCUT2D eigenvalue weighted by atomic mass is 19.2. The summed E-state index contributed by atoms with van der Waals surface area (Å²) in [5, 5.41) is 0. The topological polar surface area (TPSA) is 18.5 Å². The molecule has 3 atom stereocenters. The molecule has 1 saturated heterocycles. The van der Waals surface area contributed by atoms with E-state index in [2.05, 4.69) is 6.92 Å². The van der Waals surface area contributed by atoms with Gasteiger partial charge in [0.15, 0.2) is 11.6 Å². The van der Waals surface area contributed by atoms with Crippen molar-refractivity contribution in [2.45, 2.75) is 57.6 Å². The van der Waals surface area contributed by atoms with Crippen molar-refractivity contribution in [3.63, 3.8) is 0 Å². The molecule has 2 fully saturated rings. The Morgan fingerprint density at radius 2 is 1.57 bits per heavy atom. The molecule has 1 aromatic rings. The Bertz CT molecular complexity index is 557. The summed E-state index contributed by atoms with van der Waals surface area (Å²) >= 11 is 0. The Morgan fingerprint density at radius 3 is 2.10 bits per heavy atom. The van der Waals surface area contributed by atoms with Crippen molar-refractivity contribution >= 4 is 7.12 Å². The average Bonchev–Trinajstić information content (AvgIpc) is 2.96. The van der Waals surface area contributed by atoms with E-state index < -0.39 is 11.6 Å². The normalized spacial score (nSPS) is 33.3. The van der Waals surface area contributed by atoms with Crippen LogP contribution in [0.15, 0.2) is 18.2 Å². The Labute approximate surface area is 125 Å². The number of halogens is 2. The van der Waals surface area contributed by atoms with Gasteiger partial charge in [0.25, 0.3) is 0 Å². The summed E-state index contributed by atoms with van der Waals surface area (Å²) < 4.78 is 38.6. The summed E-state index contributed by atoms with van der Waals surface area (Å²) in [6.45, 7) is 10.2. The molecule has 5 heteroatoms. The average molecular weight is 294 g/mol. The van der Waals surface area contributed by atoms with Crippen molar-refractivity contribution in [3.8, 4) is 0 Å². The van der Waals surface area contributed by atoms with Crippen molar-refractivity contribution in [2.75, 3.05) is 0 Å². The fourth-order valence-electron chi connectivity index (χ4n) is 3.20. The predicted octanol–water partition coefficient (Wildman–Crippen LogP) is 4.16. The lowest BCUT2D eigenvalue weighted by Gasteiger charge is -2.32. The molecule has 0 amide bonds. The van der Waals surface area contributed by atoms with E-state index in [1.54, 1.807) is 6.07 Å². The Morgan fingerprint density at radius 1 is 1.00 bits per heavy atom. The quantitative estimate of drug-likeness (QED) is 0.762. The maximum absolute atomic E-state index is 13.4. The van der Waals surface area contributed by atoms with E-state index in [1.165, 1.54) is 12.1 Å². The molecule has 3 unspecified atom stereocenters. The lowest BCUT2D eigenvalue weighted by molar-refractivity contribution is 0.00578. The molecule has 0 bridgehead atoms. The third-order valence-electron chi connectivity index (χ3n) is 5.36. The molecule has 0 N–H and O–H groups in total. The van der Waals surface area contributed by atoms with Gasteiger partial charge in [0.05, 0.1) is 11.2 Å². The van der Waals surface area contributed by atoms with Crippen LogP contribution in [0.25, 0.3) is 0 Å². The Hall–Kier alpha value is -0.935. The zero-order chi connectivity index (χ0) is 15.6. The van der Waals surface area contributed by atoms with Gasteiger partial charge in [0, 0.05) is 5.82 Å². The second kappa shape index (κ2) is 4.53. The number of benzene rings is 1. The molecule has 2 nitrogen and oxygen atoms in total. The molecule has 2 aliphatic rings. The second-order valence-electron chi connectivity index (χ2n) is 7.26. The van der Waals surface area contributed by atoms with E-state index in [9.17, 15) is 8.78 Å². The minimum atomic E-state index is -0.806. The molecule has 0 spiro atoms. The molecular weight excluding hydrogens is 273 g/mol. The van der Waals surface area contributed by atoms with E-state index in [-0.39, 0.29) is 30.1 Å². The van der Waals surface area contributed by atoms with Gasteiger partial charge in [-0.15, -0.1) is 0 Å². The molecular formula is C16H21BF2O2. The minimum absolute atomic E-state index is 0.162. The van der Waals surface area contributed by atoms with Gasteiger partial charge in [0.1, 0.15) is 0 Å². The van der Waals surface area contributed by atoms with Crippen LogP contribution in [-0.2, 0) is 9.31 Å². The van der Waals surface area contributed by atoms with Crippen LogP contribution in [0.3, 0.4) is 0 Å². The summed E-state index contributed by atoms with van der Waals surface area (Å²) in [5.74, 6) is -0.909. The zero-order valence-corrected chi connectivity index (χ0v) is 13.1. The summed E-state index contributed by atoms with van der Waals surface area (Å²) in [4.78, 5) is 0. The van der Waals surface area contributed by atoms with Crippen LogP contribution in [0.1, 0.15) is 46.1 Å². The van der Waals surface area contributed by atoms with E-state index in [1.807, 2.05) is 27.7 Å². The molecule has 1 saturated carbocycles. The zero-order valence-electron chi connectivity index (χ0n) is 13.1. The minimum Gasteiger partial charge on any atom is -0.403 e. The van der Waals surface area contributed by atoms with Crippen molar-refractivity contribution < 1.29 is 18.1 Å². The fraction of sp³-hybridized carbons (Fsp3) is 0.625. The maximum atomic E-state index is 13.4. The number of rotatable bonds is 2. The molecule has 1 aliphatic heterocycles. The summed E-state index contributed by atoms with van der Waals surface area (Å²) in [6, 6.07) is 4.14. The maximum Gasteiger partial charge on any atom is 0.462 e. The molecule has 3 rings (SSSR count). The summed E-state index contributed by atoms with van der Waals surface area (Å²) in [7, 11) is -0.289. The molecule has 0 aromatic heterocycles. The van der Waals surface area contributed by atoms with E-state index in [0.29, 0.717) is 5.92 Å². The van der Waals surface area contributed by atoms with Gasteiger partial charge in [-0.25, -0.2) is 8.78 Å². The molecule has 0 radical (unpaired) electrons. The van der Waals surface area contributed by atoms with Gasteiger partial charge < -0.3 is 9.31 Å². The third-order valence-corrected chi connectivity index (χ3v) is 5.36. The van der Waals surface area contributed by atoms with Crippen molar-refractivity contribution in [1.29, 1.82) is 0 Å². The number of hydrogen-bond acceptors (Lipinski definition) is 2. The van der Waals surface area contributed by atoms with Crippen LogP contribution in [-0.4, -0.2) is 18.3 Å². The van der Waals surface area contributed by atoms with E-state index >= 15 is 0 Å². The fourth-order valence-corrected chi connectivity index (χ4v) is 3.20. The van der Waals surface area contributed by atoms with Crippen LogP contribution < -0.4 is 0 Å². The number of hydrogen-bond donors (Lipinski definition) is 0. The first kappa shape index (κ1) is 15.0. The van der Waals surface area contributed by atoms with Crippen molar-refractivity contribution in [1.82, 2.24) is 0 Å². The first-order chi connectivity index (χ1) is 9.64. The van der Waals surface area contributed by atoms with Crippen LogP contribution in [0, 0.1) is 17.6 Å². The molecule has 1 heterocycles. The van der Waals surface area contributed by atoms with Gasteiger partial charge in [-0.05, 0) is 57.2 Å². The lowest BCUT2D eigenvalue weighted by atomic mass is 9.79. The smallest absolute Gasteiger partial charge is 0.403 e. The highest BCUT2D eigenvalue weighted by molar-refractivity contribution is 6.49. The highest BCUT2D eigenvalue weighted by Crippen LogP contribution is 2.63. The van der Waals surface area contributed by atoms with Gasteiger partial charge >= 0.3 is 7.12 Å². The molecule has 21 heavy (non-hydrogen) atoms. The van der Waals surface area contributed by atoms with Crippen molar-refractivity contribution in [3.05, 3.63) is 35.4 Å². The Balaban J connectivity index is 1.79. The monoisotopic (exact) mass is 294 g/mol. The van der Waals surface area contributed by atoms with E-state index in [0.717, 1.165) is 5.56 Å². The van der Waals surface area contributed by atoms with Crippen LogP contribution in [0.4, 0.5) is 8.78 Å². The van der Waals surface area contributed by atoms with Gasteiger partial charge in [-0.2, -0.15) is 0 Å².